The number of rotatable bonds is 9. The minimum Gasteiger partial charge on any atom is -0.370 e. The molecule has 1 heterocycles. The number of pyridine rings is 1. The van der Waals surface area contributed by atoms with Crippen LogP contribution in [-0.2, 0) is 19.9 Å². The van der Waals surface area contributed by atoms with E-state index in [1.807, 2.05) is 6.92 Å². The molecule has 2 N–H and O–H groups in total. The molecule has 0 saturated carbocycles. The Morgan fingerprint density at radius 3 is 2.33 bits per heavy atom. The lowest BCUT2D eigenvalue weighted by Gasteiger charge is -2.08. The zero-order valence-electron chi connectivity index (χ0n) is 12.2. The molecule has 0 aromatic carbocycles. The number of nitrogens with zero attached hydrogens (tertiary/aromatic N) is 1. The summed E-state index contributed by atoms with van der Waals surface area (Å²) in [5.74, 6) is 0.379. The molecule has 0 amide bonds. The highest BCUT2D eigenvalue weighted by Crippen LogP contribution is 2.10. The van der Waals surface area contributed by atoms with Gasteiger partial charge in [0.05, 0.1) is 5.75 Å². The van der Waals surface area contributed by atoms with E-state index in [-0.39, 0.29) is 22.9 Å². The van der Waals surface area contributed by atoms with Crippen LogP contribution in [0.3, 0.4) is 0 Å². The second kappa shape index (κ2) is 7.71. The van der Waals surface area contributed by atoms with Crippen molar-refractivity contribution >= 4 is 25.7 Å². The van der Waals surface area contributed by atoms with Crippen molar-refractivity contribution in [3.63, 3.8) is 0 Å². The second-order valence-corrected chi connectivity index (χ2v) is 8.68. The van der Waals surface area contributed by atoms with Crippen LogP contribution >= 0.6 is 0 Å². The first-order valence-electron chi connectivity index (χ1n) is 6.70. The average molecular weight is 335 g/mol. The first kappa shape index (κ1) is 17.9. The fourth-order valence-electron chi connectivity index (χ4n) is 1.46. The zero-order valence-corrected chi connectivity index (χ0v) is 13.8. The Balaban J connectivity index is 2.66. The first-order chi connectivity index (χ1) is 9.80. The average Bonchev–Trinajstić information content (AvgIpc) is 2.45. The highest BCUT2D eigenvalue weighted by atomic mass is 32.2. The minimum absolute atomic E-state index is 0.00587. The van der Waals surface area contributed by atoms with Gasteiger partial charge < -0.3 is 5.32 Å². The number of nitrogens with one attached hydrogen (secondary N) is 2. The van der Waals surface area contributed by atoms with Crippen LogP contribution < -0.4 is 10.0 Å². The molecule has 9 heteroatoms. The molecule has 0 aliphatic heterocycles. The number of anilines is 1. The van der Waals surface area contributed by atoms with Crippen LogP contribution in [0.2, 0.25) is 0 Å². The third kappa shape index (κ3) is 5.98. The smallest absolute Gasteiger partial charge is 0.242 e. The van der Waals surface area contributed by atoms with Gasteiger partial charge in [0, 0.05) is 25.0 Å². The molecule has 0 radical (unpaired) electrons. The summed E-state index contributed by atoms with van der Waals surface area (Å²) in [6.07, 6.45) is 2.18. The molecule has 7 nitrogen and oxygen atoms in total. The Labute approximate surface area is 126 Å². The standard InChI is InChI=1S/C12H21N3O4S2/c1-3-7-13-12-6-5-11(10-14-12)21(18,19)15-8-9-20(16,17)4-2/h5-6,10,15H,3-4,7-9H2,1-2H3,(H,13,14). The van der Waals surface area contributed by atoms with Gasteiger partial charge in [0.2, 0.25) is 10.0 Å². The van der Waals surface area contributed by atoms with E-state index in [0.29, 0.717) is 5.82 Å². The highest BCUT2D eigenvalue weighted by molar-refractivity contribution is 7.91. The largest absolute Gasteiger partial charge is 0.370 e. The van der Waals surface area contributed by atoms with E-state index in [2.05, 4.69) is 15.0 Å². The molecule has 0 atom stereocenters. The van der Waals surface area contributed by atoms with Gasteiger partial charge in [-0.15, -0.1) is 0 Å². The van der Waals surface area contributed by atoms with Crippen LogP contribution in [0, 0.1) is 0 Å². The summed E-state index contributed by atoms with van der Waals surface area (Å²) in [4.78, 5) is 4.02. The van der Waals surface area contributed by atoms with Crippen LogP contribution in [0.25, 0.3) is 0 Å². The molecule has 0 aliphatic carbocycles. The number of sulfonamides is 1. The van der Waals surface area contributed by atoms with Crippen molar-refractivity contribution in [1.29, 1.82) is 0 Å². The van der Waals surface area contributed by atoms with Gasteiger partial charge in [0.25, 0.3) is 0 Å². The lowest BCUT2D eigenvalue weighted by molar-refractivity contribution is 0.581. The van der Waals surface area contributed by atoms with Crippen molar-refractivity contribution in [2.45, 2.75) is 25.2 Å². The molecule has 0 bridgehead atoms. The lowest BCUT2D eigenvalue weighted by Crippen LogP contribution is -2.29. The fourth-order valence-corrected chi connectivity index (χ4v) is 3.26. The van der Waals surface area contributed by atoms with Gasteiger partial charge in [-0.3, -0.25) is 0 Å². The quantitative estimate of drug-likeness (QED) is 0.685. The molecule has 0 aliphatic rings. The summed E-state index contributed by atoms with van der Waals surface area (Å²) in [7, 11) is -6.93. The molecule has 1 rings (SSSR count). The van der Waals surface area contributed by atoms with Crippen molar-refractivity contribution in [2.24, 2.45) is 0 Å². The van der Waals surface area contributed by atoms with Gasteiger partial charge >= 0.3 is 0 Å². The molecule has 0 unspecified atom stereocenters. The van der Waals surface area contributed by atoms with Crippen molar-refractivity contribution < 1.29 is 16.8 Å². The van der Waals surface area contributed by atoms with E-state index < -0.39 is 19.9 Å². The zero-order chi connectivity index (χ0) is 15.9. The fraction of sp³-hybridized carbons (Fsp3) is 0.583. The summed E-state index contributed by atoms with van der Waals surface area (Å²) >= 11 is 0. The number of hydrogen-bond donors (Lipinski definition) is 2. The molecule has 1 aromatic heterocycles. The molecule has 0 fully saturated rings. The van der Waals surface area contributed by atoms with Gasteiger partial charge in [-0.05, 0) is 18.6 Å². The topological polar surface area (TPSA) is 105 Å². The summed E-state index contributed by atoms with van der Waals surface area (Å²) in [6, 6.07) is 3.01. The van der Waals surface area contributed by atoms with Crippen LogP contribution in [0.1, 0.15) is 20.3 Å². The van der Waals surface area contributed by atoms with E-state index in [4.69, 9.17) is 0 Å². The van der Waals surface area contributed by atoms with Gasteiger partial charge in [-0.1, -0.05) is 13.8 Å². The Morgan fingerprint density at radius 1 is 1.10 bits per heavy atom. The number of hydrogen-bond acceptors (Lipinski definition) is 6. The van der Waals surface area contributed by atoms with Crippen LogP contribution in [0.4, 0.5) is 5.82 Å². The maximum absolute atomic E-state index is 12.0. The summed E-state index contributed by atoms with van der Waals surface area (Å²) in [5, 5.41) is 3.04. The monoisotopic (exact) mass is 335 g/mol. The van der Waals surface area contributed by atoms with E-state index in [9.17, 15) is 16.8 Å². The van der Waals surface area contributed by atoms with Gasteiger partial charge in [-0.25, -0.2) is 26.5 Å². The maximum atomic E-state index is 12.0. The first-order valence-corrected chi connectivity index (χ1v) is 10.0. The van der Waals surface area contributed by atoms with Crippen LogP contribution in [0.5, 0.6) is 0 Å². The van der Waals surface area contributed by atoms with Crippen molar-refractivity contribution in [1.82, 2.24) is 9.71 Å². The second-order valence-electron chi connectivity index (χ2n) is 4.44. The lowest BCUT2D eigenvalue weighted by atomic mass is 10.4. The molecular formula is C12H21N3O4S2. The molecule has 21 heavy (non-hydrogen) atoms. The van der Waals surface area contributed by atoms with Gasteiger partial charge in [-0.2, -0.15) is 0 Å². The number of sulfone groups is 1. The van der Waals surface area contributed by atoms with E-state index in [0.717, 1.165) is 13.0 Å². The third-order valence-corrected chi connectivity index (χ3v) is 5.90. The van der Waals surface area contributed by atoms with Gasteiger partial charge in [0.1, 0.15) is 10.7 Å². The Bertz CT molecular complexity index is 640. The molecular weight excluding hydrogens is 314 g/mol. The van der Waals surface area contributed by atoms with Crippen molar-refractivity contribution in [3.05, 3.63) is 18.3 Å². The Hall–Kier alpha value is -1.19. The van der Waals surface area contributed by atoms with Crippen molar-refractivity contribution in [3.8, 4) is 0 Å². The normalized spacial score (nSPS) is 12.3. The predicted molar refractivity (Wildman–Crippen MR) is 82.5 cm³/mol. The van der Waals surface area contributed by atoms with Crippen LogP contribution in [-0.4, -0.2) is 46.4 Å². The van der Waals surface area contributed by atoms with E-state index >= 15 is 0 Å². The minimum atomic E-state index is -3.73. The molecule has 1 aromatic rings. The highest BCUT2D eigenvalue weighted by Gasteiger charge is 2.16. The maximum Gasteiger partial charge on any atom is 0.242 e. The molecule has 0 saturated heterocycles. The van der Waals surface area contributed by atoms with E-state index in [1.165, 1.54) is 19.2 Å². The van der Waals surface area contributed by atoms with Crippen LogP contribution in [0.15, 0.2) is 23.2 Å². The number of aromatic nitrogens is 1. The Kier molecular flexibility index (Phi) is 6.56. The molecule has 0 spiro atoms. The summed E-state index contributed by atoms with van der Waals surface area (Å²) in [6.45, 7) is 4.15. The van der Waals surface area contributed by atoms with Gasteiger partial charge in [0.15, 0.2) is 9.84 Å². The SMILES string of the molecule is CCCNc1ccc(S(=O)(=O)NCCS(=O)(=O)CC)cn1. The summed E-state index contributed by atoms with van der Waals surface area (Å²) < 4.78 is 48.8. The Morgan fingerprint density at radius 2 is 1.81 bits per heavy atom. The summed E-state index contributed by atoms with van der Waals surface area (Å²) in [5.41, 5.74) is 0. The predicted octanol–water partition coefficient (Wildman–Crippen LogP) is 0.616. The van der Waals surface area contributed by atoms with Crippen molar-refractivity contribution in [2.75, 3.05) is 29.9 Å². The molecule has 120 valence electrons. The third-order valence-electron chi connectivity index (χ3n) is 2.75. The van der Waals surface area contributed by atoms with E-state index in [1.54, 1.807) is 6.07 Å².